The van der Waals surface area contributed by atoms with Gasteiger partial charge in [-0.2, -0.15) is 0 Å². The summed E-state index contributed by atoms with van der Waals surface area (Å²) in [5, 5.41) is 2.63. The Bertz CT molecular complexity index is 344. The van der Waals surface area contributed by atoms with Crippen LogP contribution in [0.1, 0.15) is 13.8 Å². The summed E-state index contributed by atoms with van der Waals surface area (Å²) in [4.78, 5) is 18.8. The van der Waals surface area contributed by atoms with Gasteiger partial charge in [-0.3, -0.25) is 4.79 Å². The number of nitrogens with zero attached hydrogens (tertiary/aromatic N) is 2. The van der Waals surface area contributed by atoms with Crippen LogP contribution in [0.25, 0.3) is 0 Å². The smallest absolute Gasteiger partial charge is 0.251 e. The lowest BCUT2D eigenvalue weighted by Crippen LogP contribution is -2.21. The highest BCUT2D eigenvalue weighted by atomic mass is 35.5. The molecule has 5 nitrogen and oxygen atoms in total. The normalized spacial score (nSPS) is 10.4. The van der Waals surface area contributed by atoms with Gasteiger partial charge in [-0.1, -0.05) is 0 Å². The van der Waals surface area contributed by atoms with Gasteiger partial charge in [-0.25, -0.2) is 9.97 Å². The van der Waals surface area contributed by atoms with E-state index in [1.165, 1.54) is 6.20 Å². The third kappa shape index (κ3) is 4.71. The van der Waals surface area contributed by atoms with Crippen molar-refractivity contribution in [3.05, 3.63) is 17.5 Å². The number of halogens is 1. The van der Waals surface area contributed by atoms with Gasteiger partial charge in [0.2, 0.25) is 5.28 Å². The number of aromatic nitrogens is 2. The van der Waals surface area contributed by atoms with E-state index in [9.17, 15) is 4.79 Å². The zero-order valence-electron chi connectivity index (χ0n) is 8.53. The number of amides is 1. The molecule has 0 fully saturated rings. The van der Waals surface area contributed by atoms with E-state index in [1.807, 2.05) is 13.8 Å². The van der Waals surface area contributed by atoms with E-state index >= 15 is 0 Å². The number of hydrogen-bond acceptors (Lipinski definition) is 4. The molecular formula is C9H12ClN3O2. The fourth-order valence-electron chi connectivity index (χ4n) is 0.826. The lowest BCUT2D eigenvalue weighted by Gasteiger charge is -2.07. The highest BCUT2D eigenvalue weighted by Crippen LogP contribution is 2.05. The first-order valence-corrected chi connectivity index (χ1v) is 4.85. The second-order valence-corrected chi connectivity index (χ2v) is 3.46. The van der Waals surface area contributed by atoms with Gasteiger partial charge in [0.15, 0.2) is 0 Å². The van der Waals surface area contributed by atoms with E-state index in [4.69, 9.17) is 16.3 Å². The van der Waals surface area contributed by atoms with Crippen molar-refractivity contribution in [1.82, 2.24) is 9.97 Å². The van der Waals surface area contributed by atoms with Crippen molar-refractivity contribution >= 4 is 23.3 Å². The molecule has 6 heteroatoms. The lowest BCUT2D eigenvalue weighted by molar-refractivity contribution is -0.121. The third-order valence-electron chi connectivity index (χ3n) is 1.44. The van der Waals surface area contributed by atoms with Gasteiger partial charge < -0.3 is 10.1 Å². The first kappa shape index (κ1) is 11.9. The maximum atomic E-state index is 11.3. The Morgan fingerprint density at radius 1 is 1.67 bits per heavy atom. The van der Waals surface area contributed by atoms with E-state index < -0.39 is 0 Å². The Morgan fingerprint density at radius 2 is 2.40 bits per heavy atom. The Hall–Kier alpha value is -1.20. The average Bonchev–Trinajstić information content (AvgIpc) is 2.15. The van der Waals surface area contributed by atoms with Gasteiger partial charge in [-0.05, 0) is 31.5 Å². The third-order valence-corrected chi connectivity index (χ3v) is 1.62. The number of anilines is 1. The van der Waals surface area contributed by atoms with Crippen LogP contribution in [0.2, 0.25) is 5.28 Å². The van der Waals surface area contributed by atoms with E-state index in [-0.39, 0.29) is 23.9 Å². The van der Waals surface area contributed by atoms with E-state index in [0.29, 0.717) is 5.82 Å². The van der Waals surface area contributed by atoms with Crippen LogP contribution in [-0.2, 0) is 9.53 Å². The first-order valence-electron chi connectivity index (χ1n) is 4.48. The van der Waals surface area contributed by atoms with Crippen LogP contribution in [0.5, 0.6) is 0 Å². The fraction of sp³-hybridized carbons (Fsp3) is 0.444. The minimum absolute atomic E-state index is 0.000706. The summed E-state index contributed by atoms with van der Waals surface area (Å²) in [7, 11) is 0. The number of rotatable bonds is 4. The van der Waals surface area contributed by atoms with Crippen LogP contribution in [0.3, 0.4) is 0 Å². The zero-order chi connectivity index (χ0) is 11.3. The molecule has 0 atom stereocenters. The van der Waals surface area contributed by atoms with E-state index in [1.54, 1.807) is 6.07 Å². The molecule has 0 radical (unpaired) electrons. The molecule has 0 aliphatic rings. The standard InChI is InChI=1S/C9H12ClN3O2/c1-6(2)15-5-8(14)12-7-3-4-11-9(10)13-7/h3-4,6H,5H2,1-2H3,(H,11,12,13,14). The van der Waals surface area contributed by atoms with Crippen LogP contribution in [-0.4, -0.2) is 28.6 Å². The number of ether oxygens (including phenoxy) is 1. The monoisotopic (exact) mass is 229 g/mol. The summed E-state index contributed by atoms with van der Waals surface area (Å²) < 4.78 is 5.12. The maximum absolute atomic E-state index is 11.3. The van der Waals surface area contributed by atoms with Crippen molar-refractivity contribution < 1.29 is 9.53 Å². The molecule has 0 spiro atoms. The van der Waals surface area contributed by atoms with E-state index in [0.717, 1.165) is 0 Å². The van der Waals surface area contributed by atoms with Crippen LogP contribution in [0.15, 0.2) is 12.3 Å². The van der Waals surface area contributed by atoms with Crippen molar-refractivity contribution in [2.24, 2.45) is 0 Å². The van der Waals surface area contributed by atoms with Gasteiger partial charge in [-0.15, -0.1) is 0 Å². The second kappa shape index (κ2) is 5.63. The summed E-state index contributed by atoms with van der Waals surface area (Å²) >= 11 is 5.55. The highest BCUT2D eigenvalue weighted by Gasteiger charge is 2.05. The fourth-order valence-corrected chi connectivity index (χ4v) is 0.973. The van der Waals surface area contributed by atoms with Crippen LogP contribution in [0, 0.1) is 0 Å². The Morgan fingerprint density at radius 3 is 3.00 bits per heavy atom. The molecule has 0 aliphatic carbocycles. The van der Waals surface area contributed by atoms with Crippen molar-refractivity contribution in [2.75, 3.05) is 11.9 Å². The maximum Gasteiger partial charge on any atom is 0.251 e. The van der Waals surface area contributed by atoms with Gasteiger partial charge in [0.1, 0.15) is 12.4 Å². The minimum Gasteiger partial charge on any atom is -0.369 e. The van der Waals surface area contributed by atoms with Crippen molar-refractivity contribution in [1.29, 1.82) is 0 Å². The SMILES string of the molecule is CC(C)OCC(=O)Nc1ccnc(Cl)n1. The predicted molar refractivity (Wildman–Crippen MR) is 56.8 cm³/mol. The predicted octanol–water partition coefficient (Wildman–Crippen LogP) is 1.49. The topological polar surface area (TPSA) is 64.1 Å². The summed E-state index contributed by atoms with van der Waals surface area (Å²) in [6, 6.07) is 1.55. The quantitative estimate of drug-likeness (QED) is 0.795. The van der Waals surface area contributed by atoms with Crippen LogP contribution < -0.4 is 5.32 Å². The van der Waals surface area contributed by atoms with Gasteiger partial charge in [0, 0.05) is 6.20 Å². The number of carbonyl (C=O) groups is 1. The molecule has 0 aliphatic heterocycles. The molecule has 0 aromatic carbocycles. The molecule has 15 heavy (non-hydrogen) atoms. The Balaban J connectivity index is 2.44. The largest absolute Gasteiger partial charge is 0.369 e. The van der Waals surface area contributed by atoms with Crippen molar-refractivity contribution in [2.45, 2.75) is 20.0 Å². The van der Waals surface area contributed by atoms with Crippen LogP contribution in [0.4, 0.5) is 5.82 Å². The molecule has 0 bridgehead atoms. The number of carbonyl (C=O) groups excluding carboxylic acids is 1. The first-order chi connectivity index (χ1) is 7.08. The Labute approximate surface area is 92.8 Å². The van der Waals surface area contributed by atoms with Gasteiger partial charge in [0.05, 0.1) is 6.10 Å². The molecule has 0 unspecified atom stereocenters. The van der Waals surface area contributed by atoms with E-state index in [2.05, 4.69) is 15.3 Å². The van der Waals surface area contributed by atoms with Crippen molar-refractivity contribution in [3.63, 3.8) is 0 Å². The molecular weight excluding hydrogens is 218 g/mol. The highest BCUT2D eigenvalue weighted by molar-refractivity contribution is 6.28. The molecule has 1 aromatic rings. The molecule has 0 saturated carbocycles. The number of nitrogens with one attached hydrogen (secondary N) is 1. The van der Waals surface area contributed by atoms with Crippen molar-refractivity contribution in [3.8, 4) is 0 Å². The minimum atomic E-state index is -0.265. The second-order valence-electron chi connectivity index (χ2n) is 3.12. The Kier molecular flexibility index (Phi) is 4.45. The van der Waals surface area contributed by atoms with Gasteiger partial charge in [0.25, 0.3) is 5.91 Å². The van der Waals surface area contributed by atoms with Crippen LogP contribution >= 0.6 is 11.6 Å². The number of hydrogen-bond donors (Lipinski definition) is 1. The summed E-state index contributed by atoms with van der Waals surface area (Å²) in [5.74, 6) is 0.103. The molecule has 1 heterocycles. The van der Waals surface area contributed by atoms with Gasteiger partial charge >= 0.3 is 0 Å². The lowest BCUT2D eigenvalue weighted by atomic mass is 10.5. The molecule has 0 saturated heterocycles. The molecule has 1 amide bonds. The summed E-state index contributed by atoms with van der Waals surface area (Å²) in [5.41, 5.74) is 0. The molecule has 82 valence electrons. The zero-order valence-corrected chi connectivity index (χ0v) is 9.28. The summed E-state index contributed by atoms with van der Waals surface area (Å²) in [6.07, 6.45) is 1.48. The molecule has 1 rings (SSSR count). The summed E-state index contributed by atoms with van der Waals surface area (Å²) in [6.45, 7) is 3.71. The molecule has 1 N–H and O–H groups in total. The molecule has 1 aromatic heterocycles. The average molecular weight is 230 g/mol.